The summed E-state index contributed by atoms with van der Waals surface area (Å²) in [4.78, 5) is 8.99. The van der Waals surface area contributed by atoms with Gasteiger partial charge in [-0.1, -0.05) is 11.8 Å². The van der Waals surface area contributed by atoms with Crippen LogP contribution in [-0.4, -0.2) is 26.8 Å². The predicted octanol–water partition coefficient (Wildman–Crippen LogP) is 3.34. The molecule has 0 amide bonds. The van der Waals surface area contributed by atoms with E-state index in [2.05, 4.69) is 15.3 Å². The van der Waals surface area contributed by atoms with Crippen LogP contribution in [0.2, 0.25) is 0 Å². The zero-order valence-corrected chi connectivity index (χ0v) is 14.5. The van der Waals surface area contributed by atoms with Gasteiger partial charge in [0.25, 0.3) is 0 Å². The molecule has 0 saturated carbocycles. The molecule has 0 aliphatic heterocycles. The van der Waals surface area contributed by atoms with Crippen LogP contribution in [0.15, 0.2) is 41.0 Å². The van der Waals surface area contributed by atoms with Crippen molar-refractivity contribution in [3.63, 3.8) is 0 Å². The Morgan fingerprint density at radius 1 is 1.30 bits per heavy atom. The zero-order chi connectivity index (χ0) is 16.2. The minimum Gasteiger partial charge on any atom is -0.497 e. The number of aliphatic hydroxyl groups excluding tert-OH is 1. The first kappa shape index (κ1) is 16.0. The second-order valence-electron chi connectivity index (χ2n) is 4.91. The second kappa shape index (κ2) is 7.16. The van der Waals surface area contributed by atoms with Crippen LogP contribution in [0.1, 0.15) is 11.4 Å². The predicted molar refractivity (Wildman–Crippen MR) is 92.8 cm³/mol. The SMILES string of the molecule is COc1ccc(-c2nc(CSc3ncc(CO)n3C)cs2)cc1. The molecule has 0 unspecified atom stereocenters. The summed E-state index contributed by atoms with van der Waals surface area (Å²) in [6.45, 7) is 0.00236. The number of nitrogens with zero attached hydrogens (tertiary/aromatic N) is 3. The van der Waals surface area contributed by atoms with Crippen LogP contribution in [0.4, 0.5) is 0 Å². The number of methoxy groups -OCH3 is 1. The van der Waals surface area contributed by atoms with Crippen molar-refractivity contribution >= 4 is 23.1 Å². The molecule has 0 spiro atoms. The Morgan fingerprint density at radius 2 is 2.09 bits per heavy atom. The van der Waals surface area contributed by atoms with E-state index in [1.54, 1.807) is 36.4 Å². The van der Waals surface area contributed by atoms with Gasteiger partial charge in [0.15, 0.2) is 5.16 Å². The summed E-state index contributed by atoms with van der Waals surface area (Å²) in [7, 11) is 3.57. The van der Waals surface area contributed by atoms with Gasteiger partial charge >= 0.3 is 0 Å². The topological polar surface area (TPSA) is 60.2 Å². The molecule has 0 radical (unpaired) electrons. The molecule has 1 N–H and O–H groups in total. The van der Waals surface area contributed by atoms with Gasteiger partial charge in [-0.05, 0) is 24.3 Å². The number of ether oxygens (including phenoxy) is 1. The third kappa shape index (κ3) is 3.57. The molecule has 3 aromatic rings. The molecule has 0 atom stereocenters. The van der Waals surface area contributed by atoms with Gasteiger partial charge in [0.05, 0.1) is 31.3 Å². The Balaban J connectivity index is 1.68. The van der Waals surface area contributed by atoms with Crippen LogP contribution < -0.4 is 4.74 Å². The Labute approximate surface area is 143 Å². The molecular weight excluding hydrogens is 330 g/mol. The van der Waals surface area contributed by atoms with Crippen LogP contribution in [0.5, 0.6) is 5.75 Å². The number of benzene rings is 1. The number of aromatic nitrogens is 3. The lowest BCUT2D eigenvalue weighted by molar-refractivity contribution is 0.271. The third-order valence-corrected chi connectivity index (χ3v) is 5.46. The molecule has 7 heteroatoms. The van der Waals surface area contributed by atoms with Gasteiger partial charge in [-0.25, -0.2) is 9.97 Å². The number of hydrogen-bond donors (Lipinski definition) is 1. The van der Waals surface area contributed by atoms with E-state index >= 15 is 0 Å². The first-order valence-corrected chi connectivity index (χ1v) is 8.91. The molecule has 23 heavy (non-hydrogen) atoms. The van der Waals surface area contributed by atoms with Crippen molar-refractivity contribution in [1.29, 1.82) is 0 Å². The number of thiazole rings is 1. The van der Waals surface area contributed by atoms with Gasteiger partial charge in [0.2, 0.25) is 0 Å². The zero-order valence-electron chi connectivity index (χ0n) is 12.9. The lowest BCUT2D eigenvalue weighted by atomic mass is 10.2. The maximum Gasteiger partial charge on any atom is 0.168 e. The van der Waals surface area contributed by atoms with E-state index in [4.69, 9.17) is 4.74 Å². The molecule has 2 heterocycles. The summed E-state index contributed by atoms with van der Waals surface area (Å²) in [6, 6.07) is 7.91. The molecule has 1 aromatic carbocycles. The highest BCUT2D eigenvalue weighted by Gasteiger charge is 2.09. The Hall–Kier alpha value is -1.83. The fraction of sp³-hybridized carbons (Fsp3) is 0.250. The maximum atomic E-state index is 9.19. The van der Waals surface area contributed by atoms with E-state index in [0.29, 0.717) is 0 Å². The minimum absolute atomic E-state index is 0.00236. The van der Waals surface area contributed by atoms with Crippen molar-refractivity contribution in [3.05, 3.63) is 47.2 Å². The van der Waals surface area contributed by atoms with Crippen molar-refractivity contribution in [2.45, 2.75) is 17.5 Å². The number of imidazole rings is 1. The largest absolute Gasteiger partial charge is 0.497 e. The number of aliphatic hydroxyl groups is 1. The van der Waals surface area contributed by atoms with Crippen LogP contribution >= 0.6 is 23.1 Å². The molecule has 3 rings (SSSR count). The quantitative estimate of drug-likeness (QED) is 0.693. The highest BCUT2D eigenvalue weighted by atomic mass is 32.2. The number of hydrogen-bond acceptors (Lipinski definition) is 6. The molecule has 0 saturated heterocycles. The standard InChI is InChI=1S/C16H17N3O2S2/c1-19-13(8-20)7-17-16(19)23-10-12-9-22-15(18-12)11-3-5-14(21-2)6-4-11/h3-7,9,20H,8,10H2,1-2H3. The summed E-state index contributed by atoms with van der Waals surface area (Å²) in [6.07, 6.45) is 1.70. The van der Waals surface area contributed by atoms with E-state index in [1.165, 1.54) is 0 Å². The minimum atomic E-state index is 0.00236. The van der Waals surface area contributed by atoms with Crippen LogP contribution in [0.25, 0.3) is 10.6 Å². The normalized spacial score (nSPS) is 10.9. The Kier molecular flexibility index (Phi) is 5.00. The molecular formula is C16H17N3O2S2. The van der Waals surface area contributed by atoms with E-state index < -0.39 is 0 Å². The van der Waals surface area contributed by atoms with Crippen molar-refractivity contribution in [2.24, 2.45) is 7.05 Å². The van der Waals surface area contributed by atoms with Gasteiger partial charge in [-0.3, -0.25) is 0 Å². The van der Waals surface area contributed by atoms with Crippen LogP contribution in [0, 0.1) is 0 Å². The first-order valence-electron chi connectivity index (χ1n) is 7.04. The van der Waals surface area contributed by atoms with Crippen molar-refractivity contribution in [3.8, 4) is 16.3 Å². The highest BCUT2D eigenvalue weighted by Crippen LogP contribution is 2.28. The summed E-state index contributed by atoms with van der Waals surface area (Å²) in [5.41, 5.74) is 2.93. The van der Waals surface area contributed by atoms with E-state index in [1.807, 2.05) is 35.9 Å². The van der Waals surface area contributed by atoms with Gasteiger partial charge < -0.3 is 14.4 Å². The van der Waals surface area contributed by atoms with Gasteiger partial charge in [0.1, 0.15) is 10.8 Å². The summed E-state index contributed by atoms with van der Waals surface area (Å²) < 4.78 is 7.08. The highest BCUT2D eigenvalue weighted by molar-refractivity contribution is 7.98. The Morgan fingerprint density at radius 3 is 2.74 bits per heavy atom. The summed E-state index contributed by atoms with van der Waals surface area (Å²) in [5, 5.41) is 13.1. The summed E-state index contributed by atoms with van der Waals surface area (Å²) in [5.74, 6) is 1.60. The first-order chi connectivity index (χ1) is 11.2. The molecule has 0 aliphatic rings. The number of thioether (sulfide) groups is 1. The monoisotopic (exact) mass is 347 g/mol. The lowest BCUT2D eigenvalue weighted by Gasteiger charge is -2.02. The molecule has 0 aliphatic carbocycles. The molecule has 0 bridgehead atoms. The molecule has 0 fully saturated rings. The van der Waals surface area contributed by atoms with E-state index in [9.17, 15) is 5.11 Å². The fourth-order valence-corrected chi connectivity index (χ4v) is 3.88. The average molecular weight is 347 g/mol. The number of rotatable bonds is 6. The van der Waals surface area contributed by atoms with Crippen LogP contribution in [-0.2, 0) is 19.4 Å². The molecule has 5 nitrogen and oxygen atoms in total. The van der Waals surface area contributed by atoms with Crippen molar-refractivity contribution < 1.29 is 9.84 Å². The van der Waals surface area contributed by atoms with Gasteiger partial charge in [-0.15, -0.1) is 11.3 Å². The molecule has 120 valence electrons. The maximum absolute atomic E-state index is 9.19. The smallest absolute Gasteiger partial charge is 0.168 e. The van der Waals surface area contributed by atoms with Gasteiger partial charge in [-0.2, -0.15) is 0 Å². The van der Waals surface area contributed by atoms with Crippen molar-refractivity contribution in [1.82, 2.24) is 14.5 Å². The van der Waals surface area contributed by atoms with Gasteiger partial charge in [0, 0.05) is 23.7 Å². The lowest BCUT2D eigenvalue weighted by Crippen LogP contribution is -1.97. The fourth-order valence-electron chi connectivity index (χ4n) is 2.08. The molecule has 2 aromatic heterocycles. The third-order valence-electron chi connectivity index (χ3n) is 3.44. The van der Waals surface area contributed by atoms with E-state index in [-0.39, 0.29) is 6.61 Å². The second-order valence-corrected chi connectivity index (χ2v) is 6.71. The van der Waals surface area contributed by atoms with E-state index in [0.717, 1.165) is 38.6 Å². The average Bonchev–Trinajstić information content (AvgIpc) is 3.20. The summed E-state index contributed by atoms with van der Waals surface area (Å²) >= 11 is 3.25. The Bertz CT molecular complexity index is 781. The van der Waals surface area contributed by atoms with Crippen molar-refractivity contribution in [2.75, 3.05) is 7.11 Å². The van der Waals surface area contributed by atoms with Crippen LogP contribution in [0.3, 0.4) is 0 Å².